The van der Waals surface area contributed by atoms with Crippen LogP contribution in [0.5, 0.6) is 5.75 Å². The minimum Gasteiger partial charge on any atom is -0.508 e. The number of nitriles is 1. The summed E-state index contributed by atoms with van der Waals surface area (Å²) in [4.78, 5) is 0. The summed E-state index contributed by atoms with van der Waals surface area (Å²) in [6.07, 6.45) is -8.38. The van der Waals surface area contributed by atoms with E-state index in [0.717, 1.165) is 0 Å². The molecule has 1 fully saturated rings. The van der Waals surface area contributed by atoms with E-state index in [2.05, 4.69) is 0 Å². The lowest BCUT2D eigenvalue weighted by Crippen LogP contribution is -2.59. The van der Waals surface area contributed by atoms with Gasteiger partial charge < -0.3 is 35.0 Å². The number of nitrogens with zero attached hydrogens (tertiary/aromatic N) is 1. The summed E-state index contributed by atoms with van der Waals surface area (Å²) in [7, 11) is 0. The highest BCUT2D eigenvalue weighted by Crippen LogP contribution is 2.28. The summed E-state index contributed by atoms with van der Waals surface area (Å²) >= 11 is 0. The maximum Gasteiger partial charge on any atom is 0.188 e. The van der Waals surface area contributed by atoms with E-state index in [0.29, 0.717) is 5.56 Å². The molecule has 0 aromatic heterocycles. The summed E-state index contributed by atoms with van der Waals surface area (Å²) < 4.78 is 10.5. The molecule has 2 rings (SSSR count). The van der Waals surface area contributed by atoms with Gasteiger partial charge in [0.15, 0.2) is 12.4 Å². The third-order valence-corrected chi connectivity index (χ3v) is 3.41. The van der Waals surface area contributed by atoms with Crippen molar-refractivity contribution in [2.24, 2.45) is 0 Å². The third kappa shape index (κ3) is 3.36. The van der Waals surface area contributed by atoms with Crippen molar-refractivity contribution in [3.63, 3.8) is 0 Å². The van der Waals surface area contributed by atoms with Crippen LogP contribution < -0.4 is 0 Å². The minimum absolute atomic E-state index is 0.0600. The van der Waals surface area contributed by atoms with Crippen LogP contribution in [0.4, 0.5) is 0 Å². The fraction of sp³-hybridized carbons (Fsp3) is 0.500. The number of phenolic OH excluding ortho intramolecular Hbond substituents is 1. The summed E-state index contributed by atoms with van der Waals surface area (Å²) in [5, 5.41) is 56.9. The number of ether oxygens (including phenoxy) is 2. The zero-order valence-electron chi connectivity index (χ0n) is 11.5. The van der Waals surface area contributed by atoms with Crippen molar-refractivity contribution in [2.75, 3.05) is 6.61 Å². The number of aliphatic hydroxyl groups excluding tert-OH is 4. The number of aromatic hydroxyl groups is 1. The van der Waals surface area contributed by atoms with Crippen LogP contribution in [-0.2, 0) is 9.47 Å². The van der Waals surface area contributed by atoms with Crippen LogP contribution >= 0.6 is 0 Å². The Morgan fingerprint density at radius 3 is 2.55 bits per heavy atom. The highest BCUT2D eigenvalue weighted by atomic mass is 16.7. The van der Waals surface area contributed by atoms with E-state index in [1.165, 1.54) is 24.3 Å². The molecule has 8 nitrogen and oxygen atoms in total. The van der Waals surface area contributed by atoms with E-state index >= 15 is 0 Å². The van der Waals surface area contributed by atoms with E-state index in [-0.39, 0.29) is 5.75 Å². The van der Waals surface area contributed by atoms with E-state index in [9.17, 15) is 25.7 Å². The molecule has 1 aromatic carbocycles. The first-order valence-corrected chi connectivity index (χ1v) is 6.62. The van der Waals surface area contributed by atoms with E-state index in [4.69, 9.17) is 14.6 Å². The molecule has 1 heterocycles. The molecule has 0 spiro atoms. The fourth-order valence-corrected chi connectivity index (χ4v) is 2.19. The summed E-state index contributed by atoms with van der Waals surface area (Å²) in [6, 6.07) is 7.64. The first-order valence-electron chi connectivity index (χ1n) is 6.62. The maximum absolute atomic E-state index is 9.87. The largest absolute Gasteiger partial charge is 0.508 e. The zero-order chi connectivity index (χ0) is 16.3. The van der Waals surface area contributed by atoms with Gasteiger partial charge in [-0.2, -0.15) is 5.26 Å². The lowest BCUT2D eigenvalue weighted by atomic mass is 9.99. The van der Waals surface area contributed by atoms with Crippen molar-refractivity contribution in [3.05, 3.63) is 29.8 Å². The van der Waals surface area contributed by atoms with Crippen molar-refractivity contribution >= 4 is 0 Å². The Kier molecular flexibility index (Phi) is 5.31. The highest BCUT2D eigenvalue weighted by molar-refractivity contribution is 5.31. The molecular weight excluding hydrogens is 294 g/mol. The second-order valence-corrected chi connectivity index (χ2v) is 4.94. The average Bonchev–Trinajstić information content (AvgIpc) is 2.52. The molecule has 0 amide bonds. The number of hydrogen-bond donors (Lipinski definition) is 5. The molecule has 5 N–H and O–H groups in total. The molecule has 22 heavy (non-hydrogen) atoms. The van der Waals surface area contributed by atoms with Crippen molar-refractivity contribution in [3.8, 4) is 11.8 Å². The predicted molar refractivity (Wildman–Crippen MR) is 71.3 cm³/mol. The smallest absolute Gasteiger partial charge is 0.188 e. The zero-order valence-corrected chi connectivity index (χ0v) is 11.5. The van der Waals surface area contributed by atoms with Gasteiger partial charge in [0.05, 0.1) is 12.7 Å². The Bertz CT molecular complexity index is 544. The van der Waals surface area contributed by atoms with Gasteiger partial charge in [0.1, 0.15) is 30.2 Å². The Balaban J connectivity index is 2.15. The molecule has 6 atom stereocenters. The molecule has 0 aliphatic carbocycles. The third-order valence-electron chi connectivity index (χ3n) is 3.41. The quantitative estimate of drug-likeness (QED) is 0.465. The van der Waals surface area contributed by atoms with Gasteiger partial charge in [0.2, 0.25) is 0 Å². The van der Waals surface area contributed by atoms with Crippen LogP contribution in [0.2, 0.25) is 0 Å². The van der Waals surface area contributed by atoms with Crippen molar-refractivity contribution in [1.29, 1.82) is 5.26 Å². The Labute approximate surface area is 126 Å². The number of rotatable bonds is 4. The van der Waals surface area contributed by atoms with Crippen LogP contribution in [0.15, 0.2) is 24.3 Å². The standard InChI is InChI=1S/C14H17NO7/c15-5-9(7-2-1-3-8(17)4-7)21-14-13(20)12(19)11(18)10(6-16)22-14/h1-4,9-14,16-20H,6H2/t9-,10+,11+,12+,13-,14+/m1/s1. The summed E-state index contributed by atoms with van der Waals surface area (Å²) in [5.41, 5.74) is 0.333. The summed E-state index contributed by atoms with van der Waals surface area (Å²) in [6.45, 7) is -0.589. The SMILES string of the molecule is N#C[C@@H](O[C@H]1O[C@@H](CO)[C@H](O)[C@H](O)[C@H]1O)c1cccc(O)c1. The van der Waals surface area contributed by atoms with Crippen LogP contribution in [0.1, 0.15) is 11.7 Å². The minimum atomic E-state index is -1.59. The monoisotopic (exact) mass is 311 g/mol. The molecule has 0 radical (unpaired) electrons. The lowest BCUT2D eigenvalue weighted by Gasteiger charge is -2.40. The Morgan fingerprint density at radius 2 is 1.95 bits per heavy atom. The molecule has 1 saturated heterocycles. The first-order chi connectivity index (χ1) is 10.5. The molecule has 1 aliphatic heterocycles. The molecule has 0 saturated carbocycles. The van der Waals surface area contributed by atoms with Gasteiger partial charge in [-0.15, -0.1) is 0 Å². The van der Waals surface area contributed by atoms with E-state index in [1.54, 1.807) is 0 Å². The van der Waals surface area contributed by atoms with Gasteiger partial charge in [-0.1, -0.05) is 12.1 Å². The van der Waals surface area contributed by atoms with Crippen LogP contribution in [0, 0.1) is 11.3 Å². The maximum atomic E-state index is 9.87. The van der Waals surface area contributed by atoms with Gasteiger partial charge in [0, 0.05) is 0 Å². The van der Waals surface area contributed by atoms with Gasteiger partial charge >= 0.3 is 0 Å². The van der Waals surface area contributed by atoms with E-state index < -0.39 is 43.4 Å². The molecule has 8 heteroatoms. The normalized spacial score (nSPS) is 33.1. The number of phenols is 1. The molecule has 0 unspecified atom stereocenters. The molecule has 1 aromatic rings. The summed E-state index contributed by atoms with van der Waals surface area (Å²) in [5.74, 6) is -0.0600. The highest BCUT2D eigenvalue weighted by Gasteiger charge is 2.45. The second kappa shape index (κ2) is 7.02. The lowest BCUT2D eigenvalue weighted by molar-refractivity contribution is -0.307. The average molecular weight is 311 g/mol. The number of hydrogen-bond acceptors (Lipinski definition) is 8. The van der Waals surface area contributed by atoms with Gasteiger partial charge in [-0.05, 0) is 17.7 Å². The topological polar surface area (TPSA) is 143 Å². The van der Waals surface area contributed by atoms with Gasteiger partial charge in [-0.3, -0.25) is 0 Å². The Morgan fingerprint density at radius 1 is 1.23 bits per heavy atom. The van der Waals surface area contributed by atoms with Gasteiger partial charge in [-0.25, -0.2) is 0 Å². The molecule has 0 bridgehead atoms. The molecule has 120 valence electrons. The van der Waals surface area contributed by atoms with Crippen LogP contribution in [-0.4, -0.2) is 62.8 Å². The van der Waals surface area contributed by atoms with Crippen molar-refractivity contribution < 1.29 is 35.0 Å². The predicted octanol–water partition coefficient (Wildman–Crippen LogP) is -1.23. The fourth-order valence-electron chi connectivity index (χ4n) is 2.19. The van der Waals surface area contributed by atoms with Crippen molar-refractivity contribution in [2.45, 2.75) is 36.8 Å². The van der Waals surface area contributed by atoms with Crippen LogP contribution in [0.25, 0.3) is 0 Å². The van der Waals surface area contributed by atoms with Crippen molar-refractivity contribution in [1.82, 2.24) is 0 Å². The van der Waals surface area contributed by atoms with Crippen LogP contribution in [0.3, 0.4) is 0 Å². The number of benzene rings is 1. The van der Waals surface area contributed by atoms with Gasteiger partial charge in [0.25, 0.3) is 0 Å². The number of aliphatic hydroxyl groups is 4. The molecule has 1 aliphatic rings. The molecular formula is C14H17NO7. The Hall–Kier alpha value is -1.73. The van der Waals surface area contributed by atoms with E-state index in [1.807, 2.05) is 6.07 Å². The first kappa shape index (κ1) is 16.6. The second-order valence-electron chi connectivity index (χ2n) is 4.94.